The van der Waals surface area contributed by atoms with E-state index in [0.29, 0.717) is 6.42 Å². The monoisotopic (exact) mass is 273 g/mol. The highest BCUT2D eigenvalue weighted by molar-refractivity contribution is 5.28. The second kappa shape index (κ2) is 6.57. The fourth-order valence-electron chi connectivity index (χ4n) is 2.28. The van der Waals surface area contributed by atoms with Crippen LogP contribution in [0.5, 0.6) is 0 Å². The van der Waals surface area contributed by atoms with Crippen LogP contribution in [-0.2, 0) is 6.42 Å². The van der Waals surface area contributed by atoms with Crippen LogP contribution in [0.25, 0.3) is 0 Å². The average Bonchev–Trinajstić information content (AvgIpc) is 2.42. The molecular weight excluding hydrogens is 253 g/mol. The van der Waals surface area contributed by atoms with Crippen LogP contribution in [-0.4, -0.2) is 16.5 Å². The third-order valence-electron chi connectivity index (χ3n) is 3.34. The van der Waals surface area contributed by atoms with Crippen molar-refractivity contribution in [2.75, 3.05) is 6.54 Å². The Labute approximate surface area is 119 Å². The smallest absolute Gasteiger partial charge is 0.125 e. The number of nitrogens with zero attached hydrogens (tertiary/aromatic N) is 2. The lowest BCUT2D eigenvalue weighted by Gasteiger charge is -2.19. The Kier molecular flexibility index (Phi) is 4.79. The predicted molar refractivity (Wildman–Crippen MR) is 78.0 cm³/mol. The van der Waals surface area contributed by atoms with Gasteiger partial charge in [0.2, 0.25) is 0 Å². The topological polar surface area (TPSA) is 37.8 Å². The van der Waals surface area contributed by atoms with Gasteiger partial charge in [0.25, 0.3) is 0 Å². The van der Waals surface area contributed by atoms with Crippen molar-refractivity contribution >= 4 is 0 Å². The van der Waals surface area contributed by atoms with Gasteiger partial charge in [-0.25, -0.2) is 14.4 Å². The first kappa shape index (κ1) is 14.6. The number of aryl methyl sites for hydroxylation is 2. The zero-order valence-corrected chi connectivity index (χ0v) is 12.2. The standard InChI is InChI=1S/C16H20FN3/c1-4-18-16(15-7-8-19-12(3)20-15)10-13-9-14(17)6-5-11(13)2/h5-9,16,18H,4,10H2,1-3H3. The summed E-state index contributed by atoms with van der Waals surface area (Å²) in [5.41, 5.74) is 3.05. The quantitative estimate of drug-likeness (QED) is 0.909. The predicted octanol–water partition coefficient (Wildman–Crippen LogP) is 3.13. The molecule has 3 nitrogen and oxygen atoms in total. The summed E-state index contributed by atoms with van der Waals surface area (Å²) in [5, 5.41) is 3.41. The van der Waals surface area contributed by atoms with E-state index in [9.17, 15) is 4.39 Å². The average molecular weight is 273 g/mol. The molecule has 106 valence electrons. The summed E-state index contributed by atoms with van der Waals surface area (Å²) in [6.45, 7) is 6.77. The molecule has 1 atom stereocenters. The summed E-state index contributed by atoms with van der Waals surface area (Å²) >= 11 is 0. The second-order valence-electron chi connectivity index (χ2n) is 4.91. The van der Waals surface area contributed by atoms with Gasteiger partial charge in [-0.3, -0.25) is 0 Å². The summed E-state index contributed by atoms with van der Waals surface area (Å²) in [7, 11) is 0. The summed E-state index contributed by atoms with van der Waals surface area (Å²) in [6.07, 6.45) is 2.48. The van der Waals surface area contributed by atoms with Gasteiger partial charge in [-0.1, -0.05) is 13.0 Å². The number of halogens is 1. The molecule has 2 rings (SSSR count). The van der Waals surface area contributed by atoms with Crippen molar-refractivity contribution in [2.45, 2.75) is 33.2 Å². The summed E-state index contributed by atoms with van der Waals surface area (Å²) in [5.74, 6) is 0.557. The Morgan fingerprint density at radius 2 is 2.05 bits per heavy atom. The minimum absolute atomic E-state index is 0.0715. The molecular formula is C16H20FN3. The number of nitrogens with one attached hydrogen (secondary N) is 1. The Hall–Kier alpha value is -1.81. The maximum Gasteiger partial charge on any atom is 0.125 e. The lowest BCUT2D eigenvalue weighted by Crippen LogP contribution is -2.24. The van der Waals surface area contributed by atoms with E-state index in [4.69, 9.17) is 0 Å². The van der Waals surface area contributed by atoms with Crippen molar-refractivity contribution in [3.05, 3.63) is 58.9 Å². The Morgan fingerprint density at radius 1 is 1.25 bits per heavy atom. The molecule has 0 bridgehead atoms. The highest BCUT2D eigenvalue weighted by atomic mass is 19.1. The van der Waals surface area contributed by atoms with Crippen LogP contribution in [0.2, 0.25) is 0 Å². The molecule has 0 fully saturated rings. The lowest BCUT2D eigenvalue weighted by molar-refractivity contribution is 0.530. The molecule has 1 aromatic carbocycles. The number of aromatic nitrogens is 2. The highest BCUT2D eigenvalue weighted by Gasteiger charge is 2.14. The molecule has 0 amide bonds. The van der Waals surface area contributed by atoms with Crippen LogP contribution in [0, 0.1) is 19.7 Å². The van der Waals surface area contributed by atoms with E-state index in [1.54, 1.807) is 12.3 Å². The minimum atomic E-state index is -0.195. The van der Waals surface area contributed by atoms with Gasteiger partial charge in [-0.05, 0) is 56.1 Å². The molecule has 1 unspecified atom stereocenters. The SMILES string of the molecule is CCNC(Cc1cc(F)ccc1C)c1ccnc(C)n1. The number of likely N-dealkylation sites (N-methyl/N-ethyl adjacent to an activating group) is 1. The molecule has 0 saturated heterocycles. The maximum absolute atomic E-state index is 13.4. The van der Waals surface area contributed by atoms with Gasteiger partial charge in [0, 0.05) is 6.20 Å². The van der Waals surface area contributed by atoms with Crippen molar-refractivity contribution in [1.82, 2.24) is 15.3 Å². The highest BCUT2D eigenvalue weighted by Crippen LogP contribution is 2.20. The van der Waals surface area contributed by atoms with E-state index in [-0.39, 0.29) is 11.9 Å². The van der Waals surface area contributed by atoms with E-state index in [1.807, 2.05) is 26.0 Å². The Bertz CT molecular complexity index is 584. The first-order valence-corrected chi connectivity index (χ1v) is 6.88. The van der Waals surface area contributed by atoms with E-state index >= 15 is 0 Å². The van der Waals surface area contributed by atoms with Crippen LogP contribution in [0.4, 0.5) is 4.39 Å². The van der Waals surface area contributed by atoms with Gasteiger partial charge in [0.15, 0.2) is 0 Å². The van der Waals surface area contributed by atoms with Crippen LogP contribution in [0.3, 0.4) is 0 Å². The van der Waals surface area contributed by atoms with Crippen molar-refractivity contribution in [1.29, 1.82) is 0 Å². The van der Waals surface area contributed by atoms with E-state index in [0.717, 1.165) is 29.2 Å². The van der Waals surface area contributed by atoms with Crippen molar-refractivity contribution in [3.63, 3.8) is 0 Å². The second-order valence-corrected chi connectivity index (χ2v) is 4.91. The van der Waals surface area contributed by atoms with E-state index in [2.05, 4.69) is 22.2 Å². The molecule has 20 heavy (non-hydrogen) atoms. The molecule has 2 aromatic rings. The Morgan fingerprint density at radius 3 is 2.75 bits per heavy atom. The molecule has 1 aromatic heterocycles. The molecule has 0 saturated carbocycles. The van der Waals surface area contributed by atoms with Gasteiger partial charge < -0.3 is 5.32 Å². The molecule has 0 aliphatic carbocycles. The molecule has 0 aliphatic rings. The molecule has 0 radical (unpaired) electrons. The molecule has 4 heteroatoms. The van der Waals surface area contributed by atoms with E-state index in [1.165, 1.54) is 6.07 Å². The lowest BCUT2D eigenvalue weighted by atomic mass is 9.99. The molecule has 0 aliphatic heterocycles. The maximum atomic E-state index is 13.4. The van der Waals surface area contributed by atoms with Crippen LogP contribution >= 0.6 is 0 Å². The normalized spacial score (nSPS) is 12.4. The molecule has 1 heterocycles. The summed E-state index contributed by atoms with van der Waals surface area (Å²) in [6, 6.07) is 6.90. The van der Waals surface area contributed by atoms with E-state index < -0.39 is 0 Å². The van der Waals surface area contributed by atoms with Gasteiger partial charge >= 0.3 is 0 Å². The van der Waals surface area contributed by atoms with Gasteiger partial charge in [-0.2, -0.15) is 0 Å². The number of hydrogen-bond acceptors (Lipinski definition) is 3. The zero-order valence-electron chi connectivity index (χ0n) is 12.2. The molecule has 1 N–H and O–H groups in total. The van der Waals surface area contributed by atoms with Crippen molar-refractivity contribution in [3.8, 4) is 0 Å². The van der Waals surface area contributed by atoms with Crippen molar-refractivity contribution in [2.24, 2.45) is 0 Å². The largest absolute Gasteiger partial charge is 0.309 e. The van der Waals surface area contributed by atoms with Crippen LogP contribution < -0.4 is 5.32 Å². The first-order chi connectivity index (χ1) is 9.60. The van der Waals surface area contributed by atoms with Crippen LogP contribution in [0.15, 0.2) is 30.5 Å². The summed E-state index contributed by atoms with van der Waals surface area (Å²) in [4.78, 5) is 8.60. The third-order valence-corrected chi connectivity index (χ3v) is 3.34. The van der Waals surface area contributed by atoms with Gasteiger partial charge in [0.1, 0.15) is 11.6 Å². The Balaban J connectivity index is 2.27. The minimum Gasteiger partial charge on any atom is -0.309 e. The van der Waals surface area contributed by atoms with Crippen LogP contribution in [0.1, 0.15) is 35.6 Å². The zero-order chi connectivity index (χ0) is 14.5. The fraction of sp³-hybridized carbons (Fsp3) is 0.375. The third kappa shape index (κ3) is 3.61. The summed E-state index contributed by atoms with van der Waals surface area (Å²) < 4.78 is 13.4. The number of rotatable bonds is 5. The first-order valence-electron chi connectivity index (χ1n) is 6.88. The van der Waals surface area contributed by atoms with Gasteiger partial charge in [-0.15, -0.1) is 0 Å². The number of benzene rings is 1. The van der Waals surface area contributed by atoms with Gasteiger partial charge in [0.05, 0.1) is 11.7 Å². The molecule has 0 spiro atoms. The number of hydrogen-bond donors (Lipinski definition) is 1. The fourth-order valence-corrected chi connectivity index (χ4v) is 2.28. The van der Waals surface area contributed by atoms with Crippen molar-refractivity contribution < 1.29 is 4.39 Å².